The molecule has 0 spiro atoms. The summed E-state index contributed by atoms with van der Waals surface area (Å²) in [7, 11) is 1.46. The second-order valence-corrected chi connectivity index (χ2v) is 6.86. The summed E-state index contributed by atoms with van der Waals surface area (Å²) >= 11 is 0. The highest BCUT2D eigenvalue weighted by atomic mass is 16.5. The van der Waals surface area contributed by atoms with E-state index in [-0.39, 0.29) is 23.8 Å². The van der Waals surface area contributed by atoms with Crippen LogP contribution in [-0.2, 0) is 17.8 Å². The van der Waals surface area contributed by atoms with Gasteiger partial charge in [-0.25, -0.2) is 0 Å². The smallest absolute Gasteiger partial charge is 0.293 e. The quantitative estimate of drug-likeness (QED) is 0.801. The number of nitrogens with zero attached hydrogens (tertiary/aromatic N) is 2. The van der Waals surface area contributed by atoms with Gasteiger partial charge in [-0.2, -0.15) is 0 Å². The lowest BCUT2D eigenvalue weighted by Gasteiger charge is -2.32. The van der Waals surface area contributed by atoms with Crippen LogP contribution < -0.4 is 10.3 Å². The standard InChI is InChI=1S/C21H26N2O3/c1-26-19-8-5-13-23(21(19)25)16-20(24)22-14-11-18(12-15-22)10-9-17-6-3-2-4-7-17/h2-8,13,18H,9-12,14-16H2,1H3. The van der Waals surface area contributed by atoms with Gasteiger partial charge in [-0.15, -0.1) is 0 Å². The van der Waals surface area contributed by atoms with Gasteiger partial charge in [0.2, 0.25) is 5.91 Å². The molecule has 0 radical (unpaired) electrons. The van der Waals surface area contributed by atoms with E-state index >= 15 is 0 Å². The molecule has 1 aromatic carbocycles. The molecule has 26 heavy (non-hydrogen) atoms. The molecule has 0 atom stereocenters. The summed E-state index contributed by atoms with van der Waals surface area (Å²) in [6, 6.07) is 13.9. The van der Waals surface area contributed by atoms with Crippen LogP contribution in [-0.4, -0.2) is 35.6 Å². The summed E-state index contributed by atoms with van der Waals surface area (Å²) in [5, 5.41) is 0. The van der Waals surface area contributed by atoms with Crippen molar-refractivity contribution in [2.75, 3.05) is 20.2 Å². The molecule has 1 aliphatic heterocycles. The summed E-state index contributed by atoms with van der Waals surface area (Å²) in [6.45, 7) is 1.62. The maximum atomic E-state index is 12.5. The van der Waals surface area contributed by atoms with Crippen molar-refractivity contribution < 1.29 is 9.53 Å². The second-order valence-electron chi connectivity index (χ2n) is 6.86. The largest absolute Gasteiger partial charge is 0.491 e. The minimum absolute atomic E-state index is 0.00172. The zero-order valence-corrected chi connectivity index (χ0v) is 15.3. The van der Waals surface area contributed by atoms with E-state index in [2.05, 4.69) is 24.3 Å². The Balaban J connectivity index is 1.48. The SMILES string of the molecule is COc1cccn(CC(=O)N2CCC(CCc3ccccc3)CC2)c1=O. The van der Waals surface area contributed by atoms with E-state index in [9.17, 15) is 9.59 Å². The molecule has 0 unspecified atom stereocenters. The van der Waals surface area contributed by atoms with Gasteiger partial charge in [-0.3, -0.25) is 9.59 Å². The van der Waals surface area contributed by atoms with E-state index in [4.69, 9.17) is 4.74 Å². The maximum Gasteiger partial charge on any atom is 0.293 e. The minimum Gasteiger partial charge on any atom is -0.491 e. The predicted octanol–water partition coefficient (Wildman–Crippen LogP) is 2.73. The van der Waals surface area contributed by atoms with Gasteiger partial charge in [0.15, 0.2) is 5.75 Å². The van der Waals surface area contributed by atoms with Crippen LogP contribution in [0.3, 0.4) is 0 Å². The Bertz CT molecular complexity index is 777. The van der Waals surface area contributed by atoms with Crippen LogP contribution in [0.4, 0.5) is 0 Å². The molecular weight excluding hydrogens is 328 g/mol. The number of pyridine rings is 1. The zero-order chi connectivity index (χ0) is 18.4. The third-order valence-electron chi connectivity index (χ3n) is 5.16. The number of rotatable bonds is 6. The summed E-state index contributed by atoms with van der Waals surface area (Å²) in [5.74, 6) is 0.931. The molecule has 1 amide bonds. The molecule has 5 heteroatoms. The lowest BCUT2D eigenvalue weighted by atomic mass is 9.90. The number of methoxy groups -OCH3 is 1. The molecule has 0 bridgehead atoms. The molecule has 1 aromatic heterocycles. The Kier molecular flexibility index (Phi) is 6.10. The fourth-order valence-electron chi connectivity index (χ4n) is 3.53. The van der Waals surface area contributed by atoms with Crippen molar-refractivity contribution >= 4 is 5.91 Å². The number of carbonyl (C=O) groups excluding carboxylic acids is 1. The van der Waals surface area contributed by atoms with Crippen molar-refractivity contribution in [3.8, 4) is 5.75 Å². The van der Waals surface area contributed by atoms with Crippen molar-refractivity contribution in [1.82, 2.24) is 9.47 Å². The van der Waals surface area contributed by atoms with Gasteiger partial charge in [-0.1, -0.05) is 30.3 Å². The van der Waals surface area contributed by atoms with Crippen LogP contribution in [0.2, 0.25) is 0 Å². The van der Waals surface area contributed by atoms with E-state index in [1.54, 1.807) is 18.3 Å². The van der Waals surface area contributed by atoms with E-state index < -0.39 is 0 Å². The predicted molar refractivity (Wildman–Crippen MR) is 101 cm³/mol. The first kappa shape index (κ1) is 18.2. The number of aromatic nitrogens is 1. The van der Waals surface area contributed by atoms with Crippen LogP contribution in [0.25, 0.3) is 0 Å². The first-order chi connectivity index (χ1) is 12.7. The molecule has 0 aliphatic carbocycles. The molecule has 2 heterocycles. The Morgan fingerprint density at radius 3 is 2.54 bits per heavy atom. The maximum absolute atomic E-state index is 12.5. The Hall–Kier alpha value is -2.56. The highest BCUT2D eigenvalue weighted by molar-refractivity contribution is 5.76. The topological polar surface area (TPSA) is 51.5 Å². The molecule has 5 nitrogen and oxygen atoms in total. The number of hydrogen-bond donors (Lipinski definition) is 0. The fourth-order valence-corrected chi connectivity index (χ4v) is 3.53. The van der Waals surface area contributed by atoms with Crippen LogP contribution in [0.15, 0.2) is 53.5 Å². The van der Waals surface area contributed by atoms with Crippen LogP contribution in [0.5, 0.6) is 5.75 Å². The van der Waals surface area contributed by atoms with Gasteiger partial charge >= 0.3 is 0 Å². The highest BCUT2D eigenvalue weighted by Gasteiger charge is 2.23. The van der Waals surface area contributed by atoms with Gasteiger partial charge in [0.25, 0.3) is 5.56 Å². The molecule has 1 fully saturated rings. The van der Waals surface area contributed by atoms with Crippen molar-refractivity contribution in [3.05, 3.63) is 64.6 Å². The lowest BCUT2D eigenvalue weighted by molar-refractivity contribution is -0.133. The van der Waals surface area contributed by atoms with Gasteiger partial charge in [0.05, 0.1) is 7.11 Å². The summed E-state index contributed by atoms with van der Waals surface area (Å²) in [4.78, 5) is 26.6. The fraction of sp³-hybridized carbons (Fsp3) is 0.429. The monoisotopic (exact) mass is 354 g/mol. The van der Waals surface area contributed by atoms with Crippen molar-refractivity contribution in [1.29, 1.82) is 0 Å². The number of hydrogen-bond acceptors (Lipinski definition) is 3. The molecule has 0 saturated carbocycles. The van der Waals surface area contributed by atoms with Gasteiger partial charge in [0, 0.05) is 19.3 Å². The average molecular weight is 354 g/mol. The number of carbonyl (C=O) groups is 1. The molecule has 138 valence electrons. The van der Waals surface area contributed by atoms with Crippen LogP contribution in [0.1, 0.15) is 24.8 Å². The molecule has 0 N–H and O–H groups in total. The molecular formula is C21H26N2O3. The summed E-state index contributed by atoms with van der Waals surface area (Å²) in [5.41, 5.74) is 1.12. The Labute approximate surface area is 154 Å². The Morgan fingerprint density at radius 2 is 1.85 bits per heavy atom. The van der Waals surface area contributed by atoms with Crippen LogP contribution in [0, 0.1) is 5.92 Å². The van der Waals surface area contributed by atoms with E-state index in [1.807, 2.05) is 11.0 Å². The first-order valence-corrected chi connectivity index (χ1v) is 9.22. The van der Waals surface area contributed by atoms with Crippen molar-refractivity contribution in [2.24, 2.45) is 5.92 Å². The minimum atomic E-state index is -0.263. The van der Waals surface area contributed by atoms with Crippen molar-refractivity contribution in [3.63, 3.8) is 0 Å². The van der Waals surface area contributed by atoms with Gasteiger partial charge in [-0.05, 0) is 49.3 Å². The van der Waals surface area contributed by atoms with E-state index in [0.717, 1.165) is 32.4 Å². The van der Waals surface area contributed by atoms with Gasteiger partial charge in [0.1, 0.15) is 6.54 Å². The van der Waals surface area contributed by atoms with Gasteiger partial charge < -0.3 is 14.2 Å². The highest BCUT2D eigenvalue weighted by Crippen LogP contribution is 2.22. The molecule has 1 saturated heterocycles. The van der Waals surface area contributed by atoms with Crippen LogP contribution >= 0.6 is 0 Å². The number of aryl methyl sites for hydroxylation is 1. The Morgan fingerprint density at radius 1 is 1.12 bits per heavy atom. The summed E-state index contributed by atoms with van der Waals surface area (Å²) in [6.07, 6.45) is 5.96. The number of ether oxygens (including phenoxy) is 1. The zero-order valence-electron chi connectivity index (χ0n) is 15.3. The average Bonchev–Trinajstić information content (AvgIpc) is 2.69. The molecule has 1 aliphatic rings. The first-order valence-electron chi connectivity index (χ1n) is 9.22. The number of benzene rings is 1. The van der Waals surface area contributed by atoms with E-state index in [0.29, 0.717) is 5.92 Å². The van der Waals surface area contributed by atoms with Crippen molar-refractivity contribution in [2.45, 2.75) is 32.2 Å². The normalized spacial score (nSPS) is 15.0. The second kappa shape index (κ2) is 8.70. The third-order valence-corrected chi connectivity index (χ3v) is 5.16. The number of piperidine rings is 1. The lowest BCUT2D eigenvalue weighted by Crippen LogP contribution is -2.41. The number of likely N-dealkylation sites (tertiary alicyclic amines) is 1. The molecule has 3 rings (SSSR count). The summed E-state index contributed by atoms with van der Waals surface area (Å²) < 4.78 is 6.45. The third kappa shape index (κ3) is 4.54. The number of amides is 1. The van der Waals surface area contributed by atoms with E-state index in [1.165, 1.54) is 23.7 Å². The molecule has 2 aromatic rings.